The molecular weight excluding hydrogens is 534 g/mol. The average Bonchev–Trinajstić information content (AvgIpc) is 2.80. The van der Waals surface area contributed by atoms with Crippen molar-refractivity contribution < 1.29 is 47.7 Å². The summed E-state index contributed by atoms with van der Waals surface area (Å²) < 4.78 is 26.6. The van der Waals surface area contributed by atoms with Crippen molar-refractivity contribution in [1.82, 2.24) is 5.32 Å². The Balaban J connectivity index is 2.93. The predicted octanol–water partition coefficient (Wildman–Crippen LogP) is 4.78. The first-order chi connectivity index (χ1) is 18.7. The van der Waals surface area contributed by atoms with Gasteiger partial charge in [-0.2, -0.15) is 0 Å². The highest BCUT2D eigenvalue weighted by molar-refractivity contribution is 5.84. The summed E-state index contributed by atoms with van der Waals surface area (Å²) in [7, 11) is 0. The van der Waals surface area contributed by atoms with Gasteiger partial charge < -0.3 is 29.0 Å². The van der Waals surface area contributed by atoms with E-state index in [2.05, 4.69) is 5.32 Å². The summed E-state index contributed by atoms with van der Waals surface area (Å²) in [6.07, 6.45) is -3.38. The quantitative estimate of drug-likeness (QED) is 0.271. The van der Waals surface area contributed by atoms with Crippen LogP contribution in [0.4, 0.5) is 4.79 Å². The third-order valence-electron chi connectivity index (χ3n) is 4.81. The lowest BCUT2D eigenvalue weighted by atomic mass is 10.1. The summed E-state index contributed by atoms with van der Waals surface area (Å²) in [5.74, 6) is -2.83. The number of carbonyl (C=O) groups is 5. The molecule has 0 spiro atoms. The second-order valence-corrected chi connectivity index (χ2v) is 12.5. The predicted molar refractivity (Wildman–Crippen MR) is 149 cm³/mol. The molecule has 11 nitrogen and oxygen atoms in total. The van der Waals surface area contributed by atoms with Crippen LogP contribution in [-0.4, -0.2) is 58.9 Å². The molecular formula is C30H45NO10. The Bertz CT molecular complexity index is 1030. The van der Waals surface area contributed by atoms with Gasteiger partial charge in [-0.1, -0.05) is 30.3 Å². The largest absolute Gasteiger partial charge is 0.461 e. The highest BCUT2D eigenvalue weighted by Crippen LogP contribution is 2.16. The number of amides is 1. The van der Waals surface area contributed by atoms with Gasteiger partial charge in [-0.25, -0.2) is 14.4 Å². The van der Waals surface area contributed by atoms with Crippen molar-refractivity contribution in [3.05, 3.63) is 35.9 Å². The Morgan fingerprint density at radius 3 is 1.73 bits per heavy atom. The Morgan fingerprint density at radius 2 is 1.20 bits per heavy atom. The van der Waals surface area contributed by atoms with Crippen LogP contribution in [0.1, 0.15) is 93.6 Å². The third kappa shape index (κ3) is 16.9. The maximum atomic E-state index is 12.9. The molecule has 0 heterocycles. The molecule has 0 aliphatic rings. The molecule has 0 aliphatic carbocycles. The molecule has 0 saturated heterocycles. The van der Waals surface area contributed by atoms with Crippen LogP contribution in [-0.2, 0) is 49.5 Å². The van der Waals surface area contributed by atoms with Crippen LogP contribution in [0.5, 0.6) is 0 Å². The van der Waals surface area contributed by atoms with Crippen LogP contribution in [0.25, 0.3) is 0 Å². The highest BCUT2D eigenvalue weighted by Gasteiger charge is 2.33. The van der Waals surface area contributed by atoms with Crippen molar-refractivity contribution in [3.63, 3.8) is 0 Å². The Kier molecular flexibility index (Phi) is 13.3. The van der Waals surface area contributed by atoms with E-state index in [-0.39, 0.29) is 32.3 Å². The van der Waals surface area contributed by atoms with Gasteiger partial charge in [0.15, 0.2) is 0 Å². The van der Waals surface area contributed by atoms with E-state index in [1.165, 1.54) is 0 Å². The number of benzene rings is 1. The summed E-state index contributed by atoms with van der Waals surface area (Å²) >= 11 is 0. The lowest BCUT2D eigenvalue weighted by molar-refractivity contribution is -0.166. The SMILES string of the molecule is CC(C)(C)OC(=O)CC[C@H](NC(=O)O[C@@H](CCC(=O)OCc1ccccc1)C(=O)OC(C)(C)C)C(=O)OC(C)(C)C. The highest BCUT2D eigenvalue weighted by atomic mass is 16.6. The van der Waals surface area contributed by atoms with Gasteiger partial charge >= 0.3 is 30.0 Å². The minimum atomic E-state index is -1.47. The second-order valence-electron chi connectivity index (χ2n) is 12.5. The molecule has 0 aliphatic heterocycles. The van der Waals surface area contributed by atoms with E-state index in [0.29, 0.717) is 0 Å². The Hall–Kier alpha value is -3.63. The zero-order chi connectivity index (χ0) is 31.4. The fourth-order valence-corrected chi connectivity index (χ4v) is 3.23. The van der Waals surface area contributed by atoms with Crippen LogP contribution in [0.3, 0.4) is 0 Å². The molecule has 1 N–H and O–H groups in total. The monoisotopic (exact) mass is 579 g/mol. The van der Waals surface area contributed by atoms with E-state index in [9.17, 15) is 24.0 Å². The van der Waals surface area contributed by atoms with Gasteiger partial charge in [0.25, 0.3) is 0 Å². The molecule has 0 aromatic heterocycles. The van der Waals surface area contributed by atoms with Gasteiger partial charge in [-0.05, 0) is 74.3 Å². The standard InChI is InChI=1S/C30H45NO10/c1-28(2,3)39-24(33)17-15-21(25(34)40-29(4,5)6)31-27(36)38-22(26(35)41-30(7,8)9)16-18-23(32)37-19-20-13-11-10-12-14-20/h10-14,21-22H,15-19H2,1-9H3,(H,31,36)/t21-,22-/m0/s1. The van der Waals surface area contributed by atoms with Crippen LogP contribution in [0.15, 0.2) is 30.3 Å². The molecule has 11 heteroatoms. The van der Waals surface area contributed by atoms with Crippen molar-refractivity contribution in [2.75, 3.05) is 0 Å². The minimum Gasteiger partial charge on any atom is -0.461 e. The number of ether oxygens (including phenoxy) is 5. The molecule has 1 amide bonds. The normalized spacial score (nSPS) is 13.3. The van der Waals surface area contributed by atoms with Crippen molar-refractivity contribution in [2.24, 2.45) is 0 Å². The maximum absolute atomic E-state index is 12.9. The number of alkyl carbamates (subject to hydrolysis) is 1. The van der Waals surface area contributed by atoms with E-state index in [0.717, 1.165) is 5.56 Å². The van der Waals surface area contributed by atoms with E-state index in [1.54, 1.807) is 74.4 Å². The van der Waals surface area contributed by atoms with Gasteiger partial charge in [0.1, 0.15) is 29.5 Å². The number of hydrogen-bond donors (Lipinski definition) is 1. The number of carbonyl (C=O) groups excluding carboxylic acids is 5. The molecule has 1 rings (SSSR count). The minimum absolute atomic E-state index is 0.0489. The molecule has 1 aromatic carbocycles. The molecule has 0 radical (unpaired) electrons. The fourth-order valence-electron chi connectivity index (χ4n) is 3.23. The lowest BCUT2D eigenvalue weighted by Crippen LogP contribution is -2.46. The van der Waals surface area contributed by atoms with Crippen LogP contribution < -0.4 is 5.32 Å². The van der Waals surface area contributed by atoms with Crippen molar-refractivity contribution in [1.29, 1.82) is 0 Å². The number of hydrogen-bond acceptors (Lipinski definition) is 10. The van der Waals surface area contributed by atoms with Gasteiger partial charge in [0.05, 0.1) is 0 Å². The van der Waals surface area contributed by atoms with Crippen LogP contribution in [0, 0.1) is 0 Å². The number of rotatable bonds is 12. The number of nitrogens with one attached hydrogen (secondary N) is 1. The molecule has 41 heavy (non-hydrogen) atoms. The zero-order valence-electron chi connectivity index (χ0n) is 25.7. The molecule has 1 aromatic rings. The molecule has 0 unspecified atom stereocenters. The Labute approximate surface area is 242 Å². The van der Waals surface area contributed by atoms with Crippen LogP contribution >= 0.6 is 0 Å². The first kappa shape index (κ1) is 35.4. The van der Waals surface area contributed by atoms with E-state index >= 15 is 0 Å². The zero-order valence-corrected chi connectivity index (χ0v) is 25.7. The van der Waals surface area contributed by atoms with E-state index < -0.39 is 58.9 Å². The maximum Gasteiger partial charge on any atom is 0.408 e. The van der Waals surface area contributed by atoms with Gasteiger partial charge in [-0.3, -0.25) is 9.59 Å². The van der Waals surface area contributed by atoms with Crippen molar-refractivity contribution in [3.8, 4) is 0 Å². The topological polar surface area (TPSA) is 144 Å². The summed E-state index contributed by atoms with van der Waals surface area (Å²) in [5.41, 5.74) is -1.70. The van der Waals surface area contributed by atoms with Crippen molar-refractivity contribution >= 4 is 30.0 Å². The van der Waals surface area contributed by atoms with Crippen LogP contribution in [0.2, 0.25) is 0 Å². The molecule has 0 bridgehead atoms. The average molecular weight is 580 g/mol. The third-order valence-corrected chi connectivity index (χ3v) is 4.81. The summed E-state index contributed by atoms with van der Waals surface area (Å²) in [5, 5.41) is 2.37. The lowest BCUT2D eigenvalue weighted by Gasteiger charge is -2.26. The summed E-state index contributed by atoms with van der Waals surface area (Å²) in [4.78, 5) is 63.0. The van der Waals surface area contributed by atoms with Crippen molar-refractivity contribution in [2.45, 2.75) is 124 Å². The first-order valence-electron chi connectivity index (χ1n) is 13.6. The van der Waals surface area contributed by atoms with Gasteiger partial charge in [0.2, 0.25) is 6.10 Å². The molecule has 0 fully saturated rings. The van der Waals surface area contributed by atoms with E-state index in [4.69, 9.17) is 23.7 Å². The fraction of sp³-hybridized carbons (Fsp3) is 0.633. The van der Waals surface area contributed by atoms with E-state index in [1.807, 2.05) is 18.2 Å². The molecule has 0 saturated carbocycles. The first-order valence-corrected chi connectivity index (χ1v) is 13.6. The second kappa shape index (κ2) is 15.4. The molecule has 230 valence electrons. The summed E-state index contributed by atoms with van der Waals surface area (Å²) in [6, 6.07) is 7.79. The number of esters is 4. The Morgan fingerprint density at radius 1 is 0.683 bits per heavy atom. The van der Waals surface area contributed by atoms with Gasteiger partial charge in [-0.15, -0.1) is 0 Å². The van der Waals surface area contributed by atoms with Gasteiger partial charge in [0, 0.05) is 19.3 Å². The summed E-state index contributed by atoms with van der Waals surface area (Å²) in [6.45, 7) is 15.1. The smallest absolute Gasteiger partial charge is 0.408 e. The molecule has 2 atom stereocenters.